The van der Waals surface area contributed by atoms with E-state index < -0.39 is 0 Å². The molecule has 1 aromatic heterocycles. The Kier molecular flexibility index (Phi) is 7.90. The van der Waals surface area contributed by atoms with Crippen LogP contribution in [-0.2, 0) is 4.79 Å². The Balaban J connectivity index is 1.87. The van der Waals surface area contributed by atoms with Gasteiger partial charge in [-0.25, -0.2) is 4.98 Å². The van der Waals surface area contributed by atoms with E-state index in [2.05, 4.69) is 18.7 Å². The zero-order valence-corrected chi connectivity index (χ0v) is 19.0. The quantitative estimate of drug-likeness (QED) is 0.450. The molecule has 0 fully saturated rings. The van der Waals surface area contributed by atoms with Crippen molar-refractivity contribution in [2.75, 3.05) is 44.8 Å². The predicted molar refractivity (Wildman–Crippen MR) is 123 cm³/mol. The molecule has 0 saturated carbocycles. The van der Waals surface area contributed by atoms with Crippen LogP contribution in [0.1, 0.15) is 13.8 Å². The molecule has 1 amide bonds. The van der Waals surface area contributed by atoms with Gasteiger partial charge in [-0.15, -0.1) is 0 Å². The lowest BCUT2D eigenvalue weighted by Crippen LogP contribution is -2.41. The van der Waals surface area contributed by atoms with Crippen molar-refractivity contribution in [2.45, 2.75) is 13.8 Å². The Bertz CT molecular complexity index is 976. The minimum atomic E-state index is -0.153. The zero-order valence-electron chi connectivity index (χ0n) is 17.4. The predicted octanol–water partition coefficient (Wildman–Crippen LogP) is 4.71. The Morgan fingerprint density at radius 1 is 1.10 bits per heavy atom. The topological polar surface area (TPSA) is 54.9 Å². The number of methoxy groups -OCH3 is 1. The normalized spacial score (nSPS) is 11.1. The van der Waals surface area contributed by atoms with Crippen molar-refractivity contribution >= 4 is 44.2 Å². The highest BCUT2D eigenvalue weighted by atomic mass is 35.5. The first-order valence-electron chi connectivity index (χ1n) is 9.90. The summed E-state index contributed by atoms with van der Waals surface area (Å²) in [5.41, 5.74) is 0.662. The van der Waals surface area contributed by atoms with Gasteiger partial charge in [-0.2, -0.15) is 0 Å². The van der Waals surface area contributed by atoms with Gasteiger partial charge in [0, 0.05) is 13.1 Å². The molecule has 0 radical (unpaired) electrons. The number of para-hydroxylation sites is 1. The number of rotatable bonds is 10. The van der Waals surface area contributed by atoms with Crippen LogP contribution >= 0.6 is 22.9 Å². The monoisotopic (exact) mass is 447 g/mol. The second-order valence-corrected chi connectivity index (χ2v) is 7.98. The maximum atomic E-state index is 13.1. The standard InChI is InChI=1S/C22H26ClN3O3S/c1-4-25(5-2)13-14-26(19(27)15-29-16-9-7-6-8-10-16)22-24-20-18(28-3)12-11-17(23)21(20)30-22/h6-12H,4-5,13-15H2,1-3H3. The number of nitrogens with zero attached hydrogens (tertiary/aromatic N) is 3. The van der Waals surface area contributed by atoms with Crippen molar-refractivity contribution in [3.8, 4) is 11.5 Å². The van der Waals surface area contributed by atoms with E-state index in [0.717, 1.165) is 24.3 Å². The zero-order chi connectivity index (χ0) is 21.5. The SMILES string of the molecule is CCN(CC)CCN(C(=O)COc1ccccc1)c1nc2c(OC)ccc(Cl)c2s1. The molecule has 0 aliphatic rings. The number of halogens is 1. The molecule has 0 aliphatic carbocycles. The number of hydrogen-bond donors (Lipinski definition) is 0. The van der Waals surface area contributed by atoms with Gasteiger partial charge < -0.3 is 14.4 Å². The number of amides is 1. The van der Waals surface area contributed by atoms with E-state index >= 15 is 0 Å². The lowest BCUT2D eigenvalue weighted by molar-refractivity contribution is -0.120. The van der Waals surface area contributed by atoms with Crippen LogP contribution in [0.3, 0.4) is 0 Å². The van der Waals surface area contributed by atoms with E-state index in [0.29, 0.717) is 33.7 Å². The van der Waals surface area contributed by atoms with E-state index in [1.165, 1.54) is 11.3 Å². The Morgan fingerprint density at radius 2 is 1.83 bits per heavy atom. The number of aromatic nitrogens is 1. The fourth-order valence-corrected chi connectivity index (χ4v) is 4.37. The van der Waals surface area contributed by atoms with Crippen LogP contribution in [0.5, 0.6) is 11.5 Å². The third kappa shape index (κ3) is 5.22. The molecule has 0 spiro atoms. The minimum Gasteiger partial charge on any atom is -0.494 e. The van der Waals surface area contributed by atoms with Crippen LogP contribution in [0, 0.1) is 0 Å². The molecule has 0 saturated heterocycles. The van der Waals surface area contributed by atoms with Gasteiger partial charge in [-0.1, -0.05) is 55.0 Å². The lowest BCUT2D eigenvalue weighted by Gasteiger charge is -2.24. The number of carbonyl (C=O) groups excluding carboxylic acids is 1. The summed E-state index contributed by atoms with van der Waals surface area (Å²) in [6.45, 7) is 7.23. The fourth-order valence-electron chi connectivity index (χ4n) is 3.07. The largest absolute Gasteiger partial charge is 0.494 e. The number of thiazole rings is 1. The van der Waals surface area contributed by atoms with E-state index in [1.807, 2.05) is 30.3 Å². The van der Waals surface area contributed by atoms with Gasteiger partial charge in [0.15, 0.2) is 11.7 Å². The molecular weight excluding hydrogens is 422 g/mol. The summed E-state index contributed by atoms with van der Waals surface area (Å²) in [5.74, 6) is 1.14. The number of likely N-dealkylation sites (N-methyl/N-ethyl adjacent to an activating group) is 1. The average Bonchev–Trinajstić information content (AvgIpc) is 3.22. The molecule has 0 bridgehead atoms. The number of hydrogen-bond acceptors (Lipinski definition) is 6. The molecule has 0 unspecified atom stereocenters. The molecule has 0 aliphatic heterocycles. The van der Waals surface area contributed by atoms with E-state index in [4.69, 9.17) is 26.1 Å². The second-order valence-electron chi connectivity index (χ2n) is 6.60. The van der Waals surface area contributed by atoms with E-state index in [1.54, 1.807) is 24.1 Å². The molecule has 160 valence electrons. The summed E-state index contributed by atoms with van der Waals surface area (Å²) in [4.78, 5) is 21.7. The first kappa shape index (κ1) is 22.3. The summed E-state index contributed by atoms with van der Waals surface area (Å²) in [7, 11) is 1.60. The minimum absolute atomic E-state index is 0.0664. The van der Waals surface area contributed by atoms with Gasteiger partial charge in [0.25, 0.3) is 5.91 Å². The van der Waals surface area contributed by atoms with Crippen LogP contribution in [-0.4, -0.2) is 55.7 Å². The number of anilines is 1. The first-order valence-corrected chi connectivity index (χ1v) is 11.1. The van der Waals surface area contributed by atoms with Crippen molar-refractivity contribution in [1.29, 1.82) is 0 Å². The number of fused-ring (bicyclic) bond motifs is 1. The van der Waals surface area contributed by atoms with Crippen molar-refractivity contribution in [3.63, 3.8) is 0 Å². The van der Waals surface area contributed by atoms with E-state index in [-0.39, 0.29) is 12.5 Å². The van der Waals surface area contributed by atoms with Crippen LogP contribution in [0.15, 0.2) is 42.5 Å². The summed E-state index contributed by atoms with van der Waals surface area (Å²) in [6.07, 6.45) is 0. The van der Waals surface area contributed by atoms with Gasteiger partial charge in [-0.05, 0) is 37.4 Å². The summed E-state index contributed by atoms with van der Waals surface area (Å²) < 4.78 is 11.9. The average molecular weight is 448 g/mol. The van der Waals surface area contributed by atoms with Gasteiger partial charge in [0.2, 0.25) is 0 Å². The fraction of sp³-hybridized carbons (Fsp3) is 0.364. The van der Waals surface area contributed by atoms with Gasteiger partial charge in [-0.3, -0.25) is 9.69 Å². The molecule has 0 atom stereocenters. The highest BCUT2D eigenvalue weighted by Crippen LogP contribution is 2.38. The van der Waals surface area contributed by atoms with Crippen LogP contribution in [0.4, 0.5) is 5.13 Å². The Hall–Kier alpha value is -2.35. The summed E-state index contributed by atoms with van der Waals surface area (Å²) >= 11 is 7.76. The second kappa shape index (κ2) is 10.6. The molecule has 0 N–H and O–H groups in total. The van der Waals surface area contributed by atoms with Crippen molar-refractivity contribution < 1.29 is 14.3 Å². The summed E-state index contributed by atoms with van der Waals surface area (Å²) in [6, 6.07) is 12.9. The number of ether oxygens (including phenoxy) is 2. The van der Waals surface area contributed by atoms with Crippen molar-refractivity contribution in [1.82, 2.24) is 9.88 Å². The molecule has 2 aromatic carbocycles. The molecule has 8 heteroatoms. The molecule has 3 rings (SSSR count). The van der Waals surface area contributed by atoms with Crippen LogP contribution in [0.2, 0.25) is 5.02 Å². The van der Waals surface area contributed by atoms with Crippen LogP contribution in [0.25, 0.3) is 10.2 Å². The summed E-state index contributed by atoms with van der Waals surface area (Å²) in [5, 5.41) is 1.18. The number of benzene rings is 2. The van der Waals surface area contributed by atoms with E-state index in [9.17, 15) is 4.79 Å². The highest BCUT2D eigenvalue weighted by Gasteiger charge is 2.23. The Morgan fingerprint density at radius 3 is 2.50 bits per heavy atom. The molecular formula is C22H26ClN3O3S. The van der Waals surface area contributed by atoms with Gasteiger partial charge in [0.1, 0.15) is 17.0 Å². The molecule has 3 aromatic rings. The van der Waals surface area contributed by atoms with Crippen molar-refractivity contribution in [2.24, 2.45) is 0 Å². The van der Waals surface area contributed by atoms with Gasteiger partial charge >= 0.3 is 0 Å². The highest BCUT2D eigenvalue weighted by molar-refractivity contribution is 7.23. The van der Waals surface area contributed by atoms with Crippen LogP contribution < -0.4 is 14.4 Å². The maximum absolute atomic E-state index is 13.1. The first-order chi connectivity index (χ1) is 14.6. The molecule has 1 heterocycles. The molecule has 30 heavy (non-hydrogen) atoms. The smallest absolute Gasteiger partial charge is 0.266 e. The van der Waals surface area contributed by atoms with Gasteiger partial charge in [0.05, 0.1) is 16.8 Å². The maximum Gasteiger partial charge on any atom is 0.266 e. The van der Waals surface area contributed by atoms with Crippen molar-refractivity contribution in [3.05, 3.63) is 47.5 Å². The Labute approximate surface area is 186 Å². The lowest BCUT2D eigenvalue weighted by atomic mass is 10.3. The third-order valence-corrected chi connectivity index (χ3v) is 6.38. The third-order valence-electron chi connectivity index (χ3n) is 4.84. The number of carbonyl (C=O) groups is 1. The molecule has 6 nitrogen and oxygen atoms in total.